The zero-order valence-corrected chi connectivity index (χ0v) is 8.37. The number of alkyl halides is 3. The van der Waals surface area contributed by atoms with Crippen molar-refractivity contribution in [2.75, 3.05) is 6.61 Å². The molecule has 0 spiro atoms. The Labute approximate surface area is 93.6 Å². The number of carbonyl (C=O) groups is 1. The summed E-state index contributed by atoms with van der Waals surface area (Å²) in [7, 11) is 0. The van der Waals surface area contributed by atoms with Crippen LogP contribution in [-0.4, -0.2) is 30.3 Å². The fourth-order valence-electron chi connectivity index (χ4n) is 1.01. The van der Waals surface area contributed by atoms with Gasteiger partial charge in [0, 0.05) is 0 Å². The van der Waals surface area contributed by atoms with Crippen molar-refractivity contribution in [1.29, 1.82) is 0 Å². The summed E-state index contributed by atoms with van der Waals surface area (Å²) in [6.45, 7) is -1.06. The summed E-state index contributed by atoms with van der Waals surface area (Å²) in [4.78, 5) is 10.5. The molecule has 17 heavy (non-hydrogen) atoms. The predicted molar refractivity (Wildman–Crippen MR) is 49.3 cm³/mol. The van der Waals surface area contributed by atoms with E-state index in [4.69, 9.17) is 5.11 Å². The molecule has 0 aromatic heterocycles. The van der Waals surface area contributed by atoms with E-state index in [1.54, 1.807) is 0 Å². The number of hydrogen-bond donors (Lipinski definition) is 1. The van der Waals surface area contributed by atoms with Crippen molar-refractivity contribution in [3.8, 4) is 5.75 Å². The third-order valence-corrected chi connectivity index (χ3v) is 1.87. The molecule has 94 valence electrons. The lowest BCUT2D eigenvalue weighted by atomic mass is 10.2. The first-order valence-electron chi connectivity index (χ1n) is 4.47. The molecule has 0 aliphatic rings. The van der Waals surface area contributed by atoms with Gasteiger partial charge in [-0.15, -0.1) is 0 Å². The summed E-state index contributed by atoms with van der Waals surface area (Å²) in [6, 6.07) is 2.77. The zero-order valence-electron chi connectivity index (χ0n) is 8.37. The number of rotatable bonds is 4. The van der Waals surface area contributed by atoms with Gasteiger partial charge in [-0.05, 0) is 18.2 Å². The Morgan fingerprint density at radius 2 is 2.06 bits per heavy atom. The van der Waals surface area contributed by atoms with Crippen molar-refractivity contribution in [3.63, 3.8) is 0 Å². The summed E-state index contributed by atoms with van der Waals surface area (Å²) < 4.78 is 53.1. The average molecular weight is 252 g/mol. The summed E-state index contributed by atoms with van der Waals surface area (Å²) >= 11 is 0. The number of aliphatic hydroxyl groups excluding tert-OH is 1. The molecule has 1 atom stereocenters. The van der Waals surface area contributed by atoms with Crippen LogP contribution < -0.4 is 4.74 Å². The van der Waals surface area contributed by atoms with E-state index in [2.05, 4.69) is 4.74 Å². The van der Waals surface area contributed by atoms with Crippen LogP contribution in [0.5, 0.6) is 5.75 Å². The van der Waals surface area contributed by atoms with Gasteiger partial charge in [0.1, 0.15) is 18.2 Å². The highest BCUT2D eigenvalue weighted by atomic mass is 19.4. The van der Waals surface area contributed by atoms with Crippen molar-refractivity contribution in [1.82, 2.24) is 0 Å². The molecule has 3 nitrogen and oxygen atoms in total. The van der Waals surface area contributed by atoms with Gasteiger partial charge in [-0.3, -0.25) is 4.79 Å². The lowest BCUT2D eigenvalue weighted by Gasteiger charge is -2.15. The molecule has 0 radical (unpaired) electrons. The molecule has 0 bridgehead atoms. The van der Waals surface area contributed by atoms with Crippen LogP contribution >= 0.6 is 0 Å². The van der Waals surface area contributed by atoms with Gasteiger partial charge < -0.3 is 9.84 Å². The lowest BCUT2D eigenvalue weighted by Crippen LogP contribution is -2.34. The Balaban J connectivity index is 2.73. The van der Waals surface area contributed by atoms with Crippen molar-refractivity contribution in [2.24, 2.45) is 0 Å². The Morgan fingerprint density at radius 1 is 1.41 bits per heavy atom. The summed E-state index contributed by atoms with van der Waals surface area (Å²) in [5.41, 5.74) is -0.223. The maximum Gasteiger partial charge on any atom is 0.417 e. The van der Waals surface area contributed by atoms with E-state index in [1.165, 1.54) is 0 Å². The number of ether oxygens (including phenoxy) is 1. The second-order valence-electron chi connectivity index (χ2n) is 3.17. The minimum atomic E-state index is -4.80. The SMILES string of the molecule is O=Cc1cc(F)ccc1OCC(O)C(F)(F)F. The topological polar surface area (TPSA) is 46.5 Å². The number of hydrogen-bond acceptors (Lipinski definition) is 3. The molecule has 0 amide bonds. The van der Waals surface area contributed by atoms with Crippen molar-refractivity contribution >= 4 is 6.29 Å². The number of carbonyl (C=O) groups excluding carboxylic acids is 1. The number of aldehydes is 1. The van der Waals surface area contributed by atoms with Gasteiger partial charge in [0.2, 0.25) is 0 Å². The van der Waals surface area contributed by atoms with Gasteiger partial charge in [-0.1, -0.05) is 0 Å². The van der Waals surface area contributed by atoms with Crippen LogP contribution in [0.25, 0.3) is 0 Å². The molecule has 0 aliphatic heterocycles. The fraction of sp³-hybridized carbons (Fsp3) is 0.300. The van der Waals surface area contributed by atoms with Crippen LogP contribution in [0.15, 0.2) is 18.2 Å². The smallest absolute Gasteiger partial charge is 0.417 e. The van der Waals surface area contributed by atoms with E-state index in [1.807, 2.05) is 0 Å². The highest BCUT2D eigenvalue weighted by Crippen LogP contribution is 2.22. The molecule has 1 unspecified atom stereocenters. The molecule has 0 saturated carbocycles. The van der Waals surface area contributed by atoms with Gasteiger partial charge in [-0.25, -0.2) is 4.39 Å². The van der Waals surface area contributed by atoms with Crippen LogP contribution in [0.3, 0.4) is 0 Å². The van der Waals surface area contributed by atoms with Gasteiger partial charge >= 0.3 is 6.18 Å². The summed E-state index contributed by atoms with van der Waals surface area (Å²) in [5.74, 6) is -0.930. The molecule has 0 heterocycles. The molecule has 1 rings (SSSR count). The Hall–Kier alpha value is -1.63. The highest BCUT2D eigenvalue weighted by Gasteiger charge is 2.38. The van der Waals surface area contributed by atoms with Crippen LogP contribution in [0, 0.1) is 5.82 Å². The highest BCUT2D eigenvalue weighted by molar-refractivity contribution is 5.79. The minimum absolute atomic E-state index is 0.218. The molecule has 0 saturated heterocycles. The van der Waals surface area contributed by atoms with Gasteiger partial charge in [0.15, 0.2) is 12.4 Å². The molecule has 0 fully saturated rings. The van der Waals surface area contributed by atoms with Crippen LogP contribution in [0.2, 0.25) is 0 Å². The molecule has 1 aromatic carbocycles. The van der Waals surface area contributed by atoms with Crippen molar-refractivity contribution < 1.29 is 32.2 Å². The van der Waals surface area contributed by atoms with E-state index in [0.29, 0.717) is 0 Å². The number of aliphatic hydroxyl groups is 1. The molecule has 1 aromatic rings. The first kappa shape index (κ1) is 13.4. The number of benzene rings is 1. The number of halogens is 4. The Morgan fingerprint density at radius 3 is 2.59 bits per heavy atom. The molecule has 1 N–H and O–H groups in total. The minimum Gasteiger partial charge on any atom is -0.490 e. The first-order valence-corrected chi connectivity index (χ1v) is 4.47. The second kappa shape index (κ2) is 5.13. The molecular weight excluding hydrogens is 244 g/mol. The summed E-state index contributed by atoms with van der Waals surface area (Å²) in [5, 5.41) is 8.65. The van der Waals surface area contributed by atoms with E-state index in [0.717, 1.165) is 18.2 Å². The summed E-state index contributed by atoms with van der Waals surface area (Å²) in [6.07, 6.45) is -7.22. The van der Waals surface area contributed by atoms with E-state index < -0.39 is 24.7 Å². The lowest BCUT2D eigenvalue weighted by molar-refractivity contribution is -0.210. The van der Waals surface area contributed by atoms with Gasteiger partial charge in [-0.2, -0.15) is 13.2 Å². The van der Waals surface area contributed by atoms with Crippen molar-refractivity contribution in [2.45, 2.75) is 12.3 Å². The molecule has 7 heteroatoms. The first-order chi connectivity index (χ1) is 7.84. The normalized spacial score (nSPS) is 13.2. The van der Waals surface area contributed by atoms with Crippen molar-refractivity contribution in [3.05, 3.63) is 29.6 Å². The maximum atomic E-state index is 12.7. The third-order valence-electron chi connectivity index (χ3n) is 1.87. The standard InChI is InChI=1S/C10H8F4O3/c11-7-1-2-8(6(3-7)4-15)17-5-9(16)10(12,13)14/h1-4,9,16H,5H2. The van der Waals surface area contributed by atoms with E-state index >= 15 is 0 Å². The maximum absolute atomic E-state index is 12.7. The quantitative estimate of drug-likeness (QED) is 0.658. The average Bonchev–Trinajstić information content (AvgIpc) is 2.25. The van der Waals surface area contributed by atoms with Gasteiger partial charge in [0.25, 0.3) is 0 Å². The second-order valence-corrected chi connectivity index (χ2v) is 3.17. The monoisotopic (exact) mass is 252 g/mol. The third kappa shape index (κ3) is 3.70. The molecular formula is C10H8F4O3. The van der Waals surface area contributed by atoms with E-state index in [-0.39, 0.29) is 17.6 Å². The van der Waals surface area contributed by atoms with Crippen LogP contribution in [0.4, 0.5) is 17.6 Å². The Bertz CT molecular complexity index is 403. The van der Waals surface area contributed by atoms with Gasteiger partial charge in [0.05, 0.1) is 5.56 Å². The zero-order chi connectivity index (χ0) is 13.1. The Kier molecular flexibility index (Phi) is 4.06. The van der Waals surface area contributed by atoms with Crippen LogP contribution in [-0.2, 0) is 0 Å². The fourth-order valence-corrected chi connectivity index (χ4v) is 1.01. The predicted octanol–water partition coefficient (Wildman–Crippen LogP) is 1.94. The molecule has 0 aliphatic carbocycles. The largest absolute Gasteiger partial charge is 0.490 e. The van der Waals surface area contributed by atoms with E-state index in [9.17, 15) is 22.4 Å². The van der Waals surface area contributed by atoms with Crippen LogP contribution in [0.1, 0.15) is 10.4 Å².